The van der Waals surface area contributed by atoms with Crippen molar-refractivity contribution in [2.75, 3.05) is 11.9 Å². The fourth-order valence-electron chi connectivity index (χ4n) is 5.80. The first-order valence-corrected chi connectivity index (χ1v) is 14.2. The third-order valence-corrected chi connectivity index (χ3v) is 7.92. The molecule has 0 amide bonds. The molecule has 4 nitrogen and oxygen atoms in total. The topological polar surface area (TPSA) is 42.8 Å². The maximum absolute atomic E-state index is 6.08. The molecule has 1 aliphatic carbocycles. The molecule has 1 N–H and O–H groups in total. The summed E-state index contributed by atoms with van der Waals surface area (Å²) < 4.78 is 12.0. The van der Waals surface area contributed by atoms with Crippen LogP contribution in [0.5, 0.6) is 11.5 Å². The smallest absolute Gasteiger partial charge is 0.161 e. The number of rotatable bonds is 8. The number of aryl methyl sites for hydroxylation is 2. The molecule has 1 heterocycles. The van der Waals surface area contributed by atoms with Crippen LogP contribution in [0.2, 0.25) is 0 Å². The zero-order chi connectivity index (χ0) is 27.5. The highest BCUT2D eigenvalue weighted by atomic mass is 16.5. The Morgan fingerprint density at radius 1 is 0.850 bits per heavy atom. The second kappa shape index (κ2) is 11.4. The van der Waals surface area contributed by atoms with Crippen molar-refractivity contribution in [3.05, 3.63) is 130 Å². The first kappa shape index (κ1) is 25.9. The summed E-state index contributed by atoms with van der Waals surface area (Å²) in [6, 6.07) is 30.0. The van der Waals surface area contributed by atoms with E-state index in [1.807, 2.05) is 31.3 Å². The highest BCUT2D eigenvalue weighted by molar-refractivity contribution is 5.83. The molecule has 1 aliphatic heterocycles. The van der Waals surface area contributed by atoms with Gasteiger partial charge in [0.25, 0.3) is 0 Å². The molecule has 0 fully saturated rings. The molecule has 4 heteroatoms. The number of aliphatic imine (C=N–C) groups is 1. The second-order valence-electron chi connectivity index (χ2n) is 10.8. The zero-order valence-corrected chi connectivity index (χ0v) is 23.4. The predicted octanol–water partition coefficient (Wildman–Crippen LogP) is 8.86. The maximum Gasteiger partial charge on any atom is 0.161 e. The van der Waals surface area contributed by atoms with Crippen molar-refractivity contribution in [1.29, 1.82) is 0 Å². The van der Waals surface area contributed by atoms with Crippen LogP contribution in [-0.4, -0.2) is 12.8 Å². The van der Waals surface area contributed by atoms with Gasteiger partial charge in [0.2, 0.25) is 0 Å². The Balaban J connectivity index is 1.15. The van der Waals surface area contributed by atoms with Gasteiger partial charge < -0.3 is 14.8 Å². The number of allylic oxidation sites excluding steroid dienone is 2. The van der Waals surface area contributed by atoms with Crippen LogP contribution >= 0.6 is 0 Å². The fraction of sp³-hybridized carbons (Fsp3) is 0.250. The zero-order valence-electron chi connectivity index (χ0n) is 23.4. The SMILES string of the molecule is CCOc1cc(C=Nc2ccc([C@@H]3Nc4ccc(C)cc4[C@H]4C=CC[C@H]43)cc2)ccc1OCc1ccc(C)cc1. The summed E-state index contributed by atoms with van der Waals surface area (Å²) in [5, 5.41) is 3.83. The summed E-state index contributed by atoms with van der Waals surface area (Å²) in [5.41, 5.74) is 9.56. The largest absolute Gasteiger partial charge is 0.490 e. The Morgan fingerprint density at radius 2 is 1.65 bits per heavy atom. The summed E-state index contributed by atoms with van der Waals surface area (Å²) in [6.07, 6.45) is 7.72. The molecular formula is C36H36N2O2. The number of nitrogens with one attached hydrogen (secondary N) is 1. The summed E-state index contributed by atoms with van der Waals surface area (Å²) in [5.74, 6) is 2.47. The van der Waals surface area contributed by atoms with E-state index in [9.17, 15) is 0 Å². The standard InChI is InChI=1S/C36H36N2O2/c1-4-39-35-21-27(13-19-34(35)40-23-26-11-8-24(2)9-12-26)22-37-29-16-14-28(15-17-29)36-31-7-5-6-30(31)32-20-25(3)10-18-33(32)38-36/h5-6,8-22,30-31,36,38H,4,7,23H2,1-3H3/t30-,31+,36-/m0/s1. The first-order chi connectivity index (χ1) is 19.6. The summed E-state index contributed by atoms with van der Waals surface area (Å²) in [4.78, 5) is 4.75. The van der Waals surface area contributed by atoms with E-state index in [-0.39, 0.29) is 6.04 Å². The average Bonchev–Trinajstić information content (AvgIpc) is 3.47. The van der Waals surface area contributed by atoms with Gasteiger partial charge in [0.1, 0.15) is 6.61 Å². The third-order valence-electron chi connectivity index (χ3n) is 7.92. The minimum atomic E-state index is 0.287. The number of nitrogens with zero attached hydrogens (tertiary/aromatic N) is 1. The van der Waals surface area contributed by atoms with Crippen LogP contribution in [-0.2, 0) is 6.61 Å². The van der Waals surface area contributed by atoms with Gasteiger partial charge in [-0.15, -0.1) is 0 Å². The molecule has 6 rings (SSSR count). The van der Waals surface area contributed by atoms with Crippen molar-refractivity contribution in [1.82, 2.24) is 0 Å². The summed E-state index contributed by atoms with van der Waals surface area (Å²) >= 11 is 0. The van der Waals surface area contributed by atoms with Gasteiger partial charge >= 0.3 is 0 Å². The molecule has 4 aromatic rings. The molecule has 0 saturated carbocycles. The lowest BCUT2D eigenvalue weighted by Crippen LogP contribution is -2.29. The first-order valence-electron chi connectivity index (χ1n) is 14.2. The maximum atomic E-state index is 6.08. The van der Waals surface area contributed by atoms with Crippen LogP contribution in [0.25, 0.3) is 0 Å². The lowest BCUT2D eigenvalue weighted by molar-refractivity contribution is 0.269. The number of ether oxygens (including phenoxy) is 2. The van der Waals surface area contributed by atoms with Crippen molar-refractivity contribution in [3.63, 3.8) is 0 Å². The van der Waals surface area contributed by atoms with Crippen LogP contribution in [0.15, 0.2) is 102 Å². The Morgan fingerprint density at radius 3 is 2.45 bits per heavy atom. The van der Waals surface area contributed by atoms with Crippen molar-refractivity contribution in [2.24, 2.45) is 10.9 Å². The molecule has 4 aromatic carbocycles. The molecule has 0 saturated heterocycles. The summed E-state index contributed by atoms with van der Waals surface area (Å²) in [6.45, 7) is 7.31. The number of hydrogen-bond acceptors (Lipinski definition) is 4. The van der Waals surface area contributed by atoms with Gasteiger partial charge in [0, 0.05) is 17.8 Å². The molecule has 0 aromatic heterocycles. The van der Waals surface area contributed by atoms with Crippen LogP contribution in [0.4, 0.5) is 11.4 Å². The van der Waals surface area contributed by atoms with E-state index in [1.165, 1.54) is 27.9 Å². The van der Waals surface area contributed by atoms with Crippen molar-refractivity contribution >= 4 is 17.6 Å². The van der Waals surface area contributed by atoms with Crippen LogP contribution < -0.4 is 14.8 Å². The fourth-order valence-corrected chi connectivity index (χ4v) is 5.80. The lowest BCUT2D eigenvalue weighted by atomic mass is 9.76. The summed E-state index contributed by atoms with van der Waals surface area (Å²) in [7, 11) is 0. The normalized spacial score (nSPS) is 19.2. The molecule has 3 atom stereocenters. The number of benzene rings is 4. The van der Waals surface area contributed by atoms with Gasteiger partial charge in [-0.05, 0) is 91.8 Å². The van der Waals surface area contributed by atoms with Crippen molar-refractivity contribution in [2.45, 2.75) is 45.8 Å². The predicted molar refractivity (Wildman–Crippen MR) is 164 cm³/mol. The molecule has 0 spiro atoms. The molecule has 2 aliphatic rings. The number of hydrogen-bond donors (Lipinski definition) is 1. The highest BCUT2D eigenvalue weighted by Gasteiger charge is 2.37. The van der Waals surface area contributed by atoms with Gasteiger partial charge in [0.05, 0.1) is 18.3 Å². The highest BCUT2D eigenvalue weighted by Crippen LogP contribution is 2.50. The van der Waals surface area contributed by atoms with Crippen molar-refractivity contribution in [3.8, 4) is 11.5 Å². The average molecular weight is 529 g/mol. The minimum absolute atomic E-state index is 0.287. The van der Waals surface area contributed by atoms with Gasteiger partial charge in [-0.2, -0.15) is 0 Å². The van der Waals surface area contributed by atoms with E-state index in [1.54, 1.807) is 0 Å². The van der Waals surface area contributed by atoms with E-state index in [2.05, 4.69) is 98.0 Å². The third kappa shape index (κ3) is 5.53. The monoisotopic (exact) mass is 528 g/mol. The molecule has 40 heavy (non-hydrogen) atoms. The minimum Gasteiger partial charge on any atom is -0.490 e. The van der Waals surface area contributed by atoms with Gasteiger partial charge in [-0.25, -0.2) is 0 Å². The Bertz CT molecular complexity index is 1540. The Hall–Kier alpha value is -4.31. The van der Waals surface area contributed by atoms with Crippen LogP contribution in [0.3, 0.4) is 0 Å². The van der Waals surface area contributed by atoms with E-state index < -0.39 is 0 Å². The van der Waals surface area contributed by atoms with E-state index in [4.69, 9.17) is 14.5 Å². The number of anilines is 1. The van der Waals surface area contributed by atoms with Crippen LogP contribution in [0, 0.1) is 19.8 Å². The molecular weight excluding hydrogens is 492 g/mol. The quantitative estimate of drug-likeness (QED) is 0.183. The number of fused-ring (bicyclic) bond motifs is 3. The lowest BCUT2D eigenvalue weighted by Gasteiger charge is -2.37. The van der Waals surface area contributed by atoms with E-state index in [0.717, 1.165) is 34.7 Å². The second-order valence-corrected chi connectivity index (χ2v) is 10.8. The Labute approximate surface area is 237 Å². The molecule has 202 valence electrons. The van der Waals surface area contributed by atoms with Crippen LogP contribution in [0.1, 0.15) is 58.7 Å². The van der Waals surface area contributed by atoms with Crippen molar-refractivity contribution < 1.29 is 9.47 Å². The molecule has 0 bridgehead atoms. The van der Waals surface area contributed by atoms with Gasteiger partial charge in [0.15, 0.2) is 11.5 Å². The van der Waals surface area contributed by atoms with Gasteiger partial charge in [-0.3, -0.25) is 4.99 Å². The van der Waals surface area contributed by atoms with E-state index >= 15 is 0 Å². The molecule has 0 unspecified atom stereocenters. The van der Waals surface area contributed by atoms with Gasteiger partial charge in [-0.1, -0.05) is 71.8 Å². The molecule has 0 radical (unpaired) electrons. The van der Waals surface area contributed by atoms with E-state index in [0.29, 0.717) is 25.0 Å². The Kier molecular flexibility index (Phi) is 7.41.